The molecule has 4 aromatic rings. The summed E-state index contributed by atoms with van der Waals surface area (Å²) < 4.78 is 13.4. The molecule has 0 unspecified atom stereocenters. The highest BCUT2D eigenvalue weighted by atomic mass is 32.1. The Bertz CT molecular complexity index is 1260. The first-order chi connectivity index (χ1) is 16.2. The summed E-state index contributed by atoms with van der Waals surface area (Å²) >= 11 is 5.88. The Labute approximate surface area is 198 Å². The van der Waals surface area contributed by atoms with Crippen molar-refractivity contribution in [2.75, 3.05) is 19.1 Å². The van der Waals surface area contributed by atoms with Crippen molar-refractivity contribution >= 4 is 23.0 Å². The number of pyridine rings is 1. The highest BCUT2D eigenvalue weighted by Gasteiger charge is 2.43. The summed E-state index contributed by atoms with van der Waals surface area (Å²) in [6, 6.07) is 25.8. The SMILES string of the molecule is COc1ccc(OC)c(N2C(=S)N[C@H](c3ccccn3)[C@@H]2c2cccn2-c2ccccc2)c1. The number of anilines is 1. The van der Waals surface area contributed by atoms with E-state index in [0.29, 0.717) is 10.9 Å². The molecule has 1 aliphatic heterocycles. The van der Waals surface area contributed by atoms with Crippen molar-refractivity contribution in [1.82, 2.24) is 14.9 Å². The van der Waals surface area contributed by atoms with Gasteiger partial charge in [0.05, 0.1) is 31.6 Å². The van der Waals surface area contributed by atoms with Gasteiger partial charge in [-0.25, -0.2) is 0 Å². The number of hydrogen-bond donors (Lipinski definition) is 1. The van der Waals surface area contributed by atoms with Crippen LogP contribution in [-0.4, -0.2) is 28.9 Å². The number of thiocarbonyl (C=S) groups is 1. The lowest BCUT2D eigenvalue weighted by Crippen LogP contribution is -2.30. The van der Waals surface area contributed by atoms with Crippen LogP contribution in [0.3, 0.4) is 0 Å². The molecule has 2 aromatic carbocycles. The number of benzene rings is 2. The lowest BCUT2D eigenvalue weighted by Gasteiger charge is -2.30. The first kappa shape index (κ1) is 21.0. The summed E-state index contributed by atoms with van der Waals surface area (Å²) in [5.41, 5.74) is 3.90. The van der Waals surface area contributed by atoms with Gasteiger partial charge in [0.15, 0.2) is 5.11 Å². The third kappa shape index (κ3) is 3.81. The lowest BCUT2D eigenvalue weighted by atomic mass is 10.0. The molecule has 6 nitrogen and oxygen atoms in total. The van der Waals surface area contributed by atoms with E-state index in [9.17, 15) is 0 Å². The Morgan fingerprint density at radius 2 is 1.73 bits per heavy atom. The maximum Gasteiger partial charge on any atom is 0.174 e. The van der Waals surface area contributed by atoms with Gasteiger partial charge >= 0.3 is 0 Å². The monoisotopic (exact) mass is 456 g/mol. The number of nitrogens with one attached hydrogen (secondary N) is 1. The van der Waals surface area contributed by atoms with E-state index < -0.39 is 0 Å². The van der Waals surface area contributed by atoms with E-state index in [4.69, 9.17) is 21.7 Å². The standard InChI is InChI=1S/C26H24N4O2S/c1-31-19-13-14-23(32-2)22(17-19)30-25(24(28-26(30)33)20-11-6-7-15-27-20)21-12-8-16-29(21)18-9-4-3-5-10-18/h3-17,24-25H,1-2H3,(H,28,33)/t24-,25+/m1/s1. The average molecular weight is 457 g/mol. The van der Waals surface area contributed by atoms with Crippen molar-refractivity contribution in [3.8, 4) is 17.2 Å². The van der Waals surface area contributed by atoms with Crippen molar-refractivity contribution in [1.29, 1.82) is 0 Å². The minimum absolute atomic E-state index is 0.160. The van der Waals surface area contributed by atoms with Gasteiger partial charge in [-0.1, -0.05) is 24.3 Å². The molecule has 2 atom stereocenters. The minimum atomic E-state index is -0.177. The molecule has 0 saturated carbocycles. The molecule has 0 amide bonds. The molecule has 33 heavy (non-hydrogen) atoms. The Morgan fingerprint density at radius 1 is 0.909 bits per heavy atom. The third-order valence-corrected chi connectivity index (χ3v) is 6.18. The van der Waals surface area contributed by atoms with Crippen molar-refractivity contribution in [2.45, 2.75) is 12.1 Å². The summed E-state index contributed by atoms with van der Waals surface area (Å²) in [6.45, 7) is 0. The second-order valence-corrected chi connectivity index (χ2v) is 8.06. The van der Waals surface area contributed by atoms with Gasteiger partial charge in [-0.2, -0.15) is 0 Å². The number of methoxy groups -OCH3 is 2. The van der Waals surface area contributed by atoms with Gasteiger partial charge in [0, 0.05) is 29.8 Å². The van der Waals surface area contributed by atoms with Crippen LogP contribution in [0.4, 0.5) is 5.69 Å². The largest absolute Gasteiger partial charge is 0.497 e. The fraction of sp³-hybridized carbons (Fsp3) is 0.154. The number of hydrogen-bond acceptors (Lipinski definition) is 4. The van der Waals surface area contributed by atoms with Crippen LogP contribution in [-0.2, 0) is 0 Å². The van der Waals surface area contributed by atoms with Crippen LogP contribution in [0.25, 0.3) is 5.69 Å². The van der Waals surface area contributed by atoms with Crippen molar-refractivity contribution < 1.29 is 9.47 Å². The first-order valence-corrected chi connectivity index (χ1v) is 11.1. The fourth-order valence-electron chi connectivity index (χ4n) is 4.36. The minimum Gasteiger partial charge on any atom is -0.497 e. The maximum atomic E-state index is 5.88. The van der Waals surface area contributed by atoms with Gasteiger partial charge in [0.25, 0.3) is 0 Å². The van der Waals surface area contributed by atoms with E-state index in [-0.39, 0.29) is 12.1 Å². The highest BCUT2D eigenvalue weighted by molar-refractivity contribution is 7.80. The van der Waals surface area contributed by atoms with Gasteiger partial charge in [-0.05, 0) is 60.7 Å². The van der Waals surface area contributed by atoms with Crippen LogP contribution in [0, 0.1) is 0 Å². The van der Waals surface area contributed by atoms with E-state index in [2.05, 4.69) is 50.2 Å². The molecule has 1 aliphatic rings. The molecule has 5 rings (SSSR count). The molecule has 166 valence electrons. The molecule has 2 aromatic heterocycles. The van der Waals surface area contributed by atoms with Gasteiger partial charge in [0.2, 0.25) is 0 Å². The van der Waals surface area contributed by atoms with Gasteiger partial charge in [-0.3, -0.25) is 4.98 Å². The highest BCUT2D eigenvalue weighted by Crippen LogP contribution is 2.45. The molecule has 0 radical (unpaired) electrons. The molecular weight excluding hydrogens is 432 g/mol. The Balaban J connectivity index is 1.70. The summed E-state index contributed by atoms with van der Waals surface area (Å²) in [6.07, 6.45) is 3.88. The predicted molar refractivity (Wildman–Crippen MR) is 133 cm³/mol. The zero-order valence-corrected chi connectivity index (χ0v) is 19.2. The Hall–Kier alpha value is -3.84. The van der Waals surface area contributed by atoms with E-state index in [1.807, 2.05) is 60.8 Å². The summed E-state index contributed by atoms with van der Waals surface area (Å²) in [7, 11) is 3.32. The molecule has 7 heteroatoms. The summed E-state index contributed by atoms with van der Waals surface area (Å²) in [5, 5.41) is 4.11. The van der Waals surface area contributed by atoms with Gasteiger partial charge in [0.1, 0.15) is 17.5 Å². The predicted octanol–water partition coefficient (Wildman–Crippen LogP) is 5.07. The quantitative estimate of drug-likeness (QED) is 0.409. The Morgan fingerprint density at radius 3 is 2.45 bits per heavy atom. The van der Waals surface area contributed by atoms with Crippen LogP contribution >= 0.6 is 12.2 Å². The van der Waals surface area contributed by atoms with Gasteiger partial charge < -0.3 is 24.3 Å². The Kier molecular flexibility index (Phi) is 5.71. The first-order valence-electron chi connectivity index (χ1n) is 10.7. The maximum absolute atomic E-state index is 5.88. The van der Waals surface area contributed by atoms with Crippen LogP contribution in [0.1, 0.15) is 23.5 Å². The van der Waals surface area contributed by atoms with Crippen molar-refractivity contribution in [3.05, 3.63) is 103 Å². The summed E-state index contributed by atoms with van der Waals surface area (Å²) in [4.78, 5) is 6.75. The molecular formula is C26H24N4O2S. The summed E-state index contributed by atoms with van der Waals surface area (Å²) in [5.74, 6) is 1.44. The number of aromatic nitrogens is 2. The number of rotatable bonds is 6. The molecule has 1 N–H and O–H groups in total. The van der Waals surface area contributed by atoms with Crippen LogP contribution in [0.5, 0.6) is 11.5 Å². The molecule has 0 spiro atoms. The number of para-hydroxylation sites is 1. The second-order valence-electron chi connectivity index (χ2n) is 7.67. The topological polar surface area (TPSA) is 51.6 Å². The van der Waals surface area contributed by atoms with Crippen LogP contribution < -0.4 is 19.7 Å². The molecule has 1 fully saturated rings. The number of ether oxygens (including phenoxy) is 2. The third-order valence-electron chi connectivity index (χ3n) is 5.86. The van der Waals surface area contributed by atoms with Crippen LogP contribution in [0.2, 0.25) is 0 Å². The van der Waals surface area contributed by atoms with Gasteiger partial charge in [-0.15, -0.1) is 0 Å². The normalized spacial score (nSPS) is 17.6. The van der Waals surface area contributed by atoms with Crippen molar-refractivity contribution in [3.63, 3.8) is 0 Å². The van der Waals surface area contributed by atoms with E-state index in [1.165, 1.54) is 0 Å². The van der Waals surface area contributed by atoms with Crippen molar-refractivity contribution in [2.24, 2.45) is 0 Å². The molecule has 0 aliphatic carbocycles. The van der Waals surface area contributed by atoms with E-state index in [0.717, 1.165) is 28.5 Å². The molecule has 3 heterocycles. The molecule has 0 bridgehead atoms. The number of nitrogens with zero attached hydrogens (tertiary/aromatic N) is 3. The van der Waals surface area contributed by atoms with E-state index in [1.54, 1.807) is 14.2 Å². The zero-order chi connectivity index (χ0) is 22.8. The zero-order valence-electron chi connectivity index (χ0n) is 18.4. The van der Waals surface area contributed by atoms with Crippen LogP contribution in [0.15, 0.2) is 91.3 Å². The molecule has 1 saturated heterocycles. The van der Waals surface area contributed by atoms with E-state index >= 15 is 0 Å². The average Bonchev–Trinajstić information content (AvgIpc) is 3.49. The lowest BCUT2D eigenvalue weighted by molar-refractivity contribution is 0.402. The smallest absolute Gasteiger partial charge is 0.174 e. The second kappa shape index (κ2) is 8.96. The fourth-order valence-corrected chi connectivity index (χ4v) is 4.70.